The molecule has 2 unspecified atom stereocenters. The molecule has 0 radical (unpaired) electrons. The molecule has 3 nitrogen and oxygen atoms in total. The van der Waals surface area contributed by atoms with E-state index in [1.165, 1.54) is 36.8 Å². The molecule has 2 atom stereocenters. The maximum Gasteiger partial charge on any atom is 0.0721 e. The first-order valence-electron chi connectivity index (χ1n) is 7.19. The zero-order valence-electron chi connectivity index (χ0n) is 11.9. The molecule has 102 valence electrons. The van der Waals surface area contributed by atoms with E-state index in [1.807, 2.05) is 0 Å². The van der Waals surface area contributed by atoms with E-state index in [1.54, 1.807) is 7.11 Å². The van der Waals surface area contributed by atoms with Crippen molar-refractivity contribution in [3.63, 3.8) is 0 Å². The molecule has 1 aromatic rings. The van der Waals surface area contributed by atoms with Crippen LogP contribution < -0.4 is 5.32 Å². The summed E-state index contributed by atoms with van der Waals surface area (Å²) >= 11 is 0. The van der Waals surface area contributed by atoms with Gasteiger partial charge < -0.3 is 14.6 Å². The largest absolute Gasteiger partial charge is 0.380 e. The summed E-state index contributed by atoms with van der Waals surface area (Å²) in [5, 5.41) is 3.66. The third-order valence-electron chi connectivity index (χ3n) is 3.82. The summed E-state index contributed by atoms with van der Waals surface area (Å²) in [4.78, 5) is 0. The van der Waals surface area contributed by atoms with Crippen LogP contribution in [0.2, 0.25) is 0 Å². The smallest absolute Gasteiger partial charge is 0.0721 e. The minimum Gasteiger partial charge on any atom is -0.380 e. The van der Waals surface area contributed by atoms with Gasteiger partial charge in [0.2, 0.25) is 0 Å². The highest BCUT2D eigenvalue weighted by Gasteiger charge is 2.21. The standard InChI is InChI=1S/C15H26N2O/c1-4-8-16-15-7-5-6-13-10-17(11-14(13)15)9-12(2)18-3/h10-12,15-16H,4-9H2,1-3H3. The van der Waals surface area contributed by atoms with E-state index in [2.05, 4.69) is 36.1 Å². The monoisotopic (exact) mass is 250 g/mol. The van der Waals surface area contributed by atoms with E-state index in [4.69, 9.17) is 4.74 Å². The van der Waals surface area contributed by atoms with Gasteiger partial charge in [0.15, 0.2) is 0 Å². The average molecular weight is 250 g/mol. The first kappa shape index (κ1) is 13.6. The molecule has 3 heteroatoms. The summed E-state index contributed by atoms with van der Waals surface area (Å²) in [5.74, 6) is 0. The quantitative estimate of drug-likeness (QED) is 0.840. The van der Waals surface area contributed by atoms with Gasteiger partial charge in [-0.2, -0.15) is 0 Å². The van der Waals surface area contributed by atoms with Crippen LogP contribution in [-0.4, -0.2) is 24.3 Å². The Labute approximate surface area is 111 Å². The lowest BCUT2D eigenvalue weighted by atomic mass is 9.91. The first-order valence-corrected chi connectivity index (χ1v) is 7.19. The van der Waals surface area contributed by atoms with Gasteiger partial charge in [-0.3, -0.25) is 0 Å². The Kier molecular flexibility index (Phi) is 4.84. The zero-order chi connectivity index (χ0) is 13.0. The highest BCUT2D eigenvalue weighted by atomic mass is 16.5. The highest BCUT2D eigenvalue weighted by molar-refractivity contribution is 5.30. The lowest BCUT2D eigenvalue weighted by molar-refractivity contribution is 0.103. The van der Waals surface area contributed by atoms with Gasteiger partial charge in [-0.1, -0.05) is 6.92 Å². The van der Waals surface area contributed by atoms with Crippen molar-refractivity contribution in [2.75, 3.05) is 13.7 Å². The molecule has 0 saturated heterocycles. The Hall–Kier alpha value is -0.800. The summed E-state index contributed by atoms with van der Waals surface area (Å²) in [6.45, 7) is 6.40. The van der Waals surface area contributed by atoms with Gasteiger partial charge >= 0.3 is 0 Å². The Bertz CT molecular complexity index is 373. The molecule has 18 heavy (non-hydrogen) atoms. The van der Waals surface area contributed by atoms with Crippen molar-refractivity contribution in [2.45, 2.75) is 58.2 Å². The van der Waals surface area contributed by atoms with Crippen LogP contribution in [0.4, 0.5) is 0 Å². The van der Waals surface area contributed by atoms with E-state index >= 15 is 0 Å². The molecule has 0 aromatic carbocycles. The predicted molar refractivity (Wildman–Crippen MR) is 74.9 cm³/mol. The first-order chi connectivity index (χ1) is 8.74. The van der Waals surface area contributed by atoms with E-state index < -0.39 is 0 Å². The molecule has 0 amide bonds. The molecule has 1 aliphatic rings. The summed E-state index contributed by atoms with van der Waals surface area (Å²) in [5.41, 5.74) is 3.04. The lowest BCUT2D eigenvalue weighted by Crippen LogP contribution is -2.25. The number of ether oxygens (including phenoxy) is 1. The Balaban J connectivity index is 2.07. The van der Waals surface area contributed by atoms with Crippen LogP contribution in [0.25, 0.3) is 0 Å². The van der Waals surface area contributed by atoms with Gasteiger partial charge in [-0.15, -0.1) is 0 Å². The molecule has 1 aliphatic carbocycles. The minimum atomic E-state index is 0.279. The number of rotatable bonds is 6. The molecular weight excluding hydrogens is 224 g/mol. The molecular formula is C15H26N2O. The lowest BCUT2D eigenvalue weighted by Gasteiger charge is -2.23. The summed E-state index contributed by atoms with van der Waals surface area (Å²) in [7, 11) is 1.78. The number of nitrogens with zero attached hydrogens (tertiary/aromatic N) is 1. The van der Waals surface area contributed by atoms with Gasteiger partial charge in [-0.25, -0.2) is 0 Å². The van der Waals surface area contributed by atoms with Gasteiger partial charge in [-0.05, 0) is 50.3 Å². The Morgan fingerprint density at radius 2 is 2.33 bits per heavy atom. The topological polar surface area (TPSA) is 26.2 Å². The van der Waals surface area contributed by atoms with Crippen LogP contribution in [0, 0.1) is 0 Å². The molecule has 1 heterocycles. The molecule has 0 saturated carbocycles. The van der Waals surface area contributed by atoms with Crippen LogP contribution >= 0.6 is 0 Å². The van der Waals surface area contributed by atoms with Crippen molar-refractivity contribution >= 4 is 0 Å². The number of fused-ring (bicyclic) bond motifs is 1. The molecule has 2 rings (SSSR count). The van der Waals surface area contributed by atoms with Crippen molar-refractivity contribution < 1.29 is 4.74 Å². The van der Waals surface area contributed by atoms with Crippen LogP contribution in [0.15, 0.2) is 12.4 Å². The van der Waals surface area contributed by atoms with Crippen LogP contribution in [-0.2, 0) is 17.7 Å². The molecule has 0 fully saturated rings. The fraction of sp³-hybridized carbons (Fsp3) is 0.733. The maximum absolute atomic E-state index is 5.34. The highest BCUT2D eigenvalue weighted by Crippen LogP contribution is 2.30. The van der Waals surface area contributed by atoms with Crippen LogP contribution in [0.5, 0.6) is 0 Å². The number of nitrogens with one attached hydrogen (secondary N) is 1. The van der Waals surface area contributed by atoms with E-state index in [0.717, 1.165) is 13.1 Å². The summed E-state index contributed by atoms with van der Waals surface area (Å²) < 4.78 is 7.64. The number of aryl methyl sites for hydroxylation is 1. The van der Waals surface area contributed by atoms with E-state index in [9.17, 15) is 0 Å². The van der Waals surface area contributed by atoms with E-state index in [-0.39, 0.29) is 6.10 Å². The maximum atomic E-state index is 5.34. The number of aromatic nitrogens is 1. The van der Waals surface area contributed by atoms with Gasteiger partial charge in [0.25, 0.3) is 0 Å². The normalized spacial score (nSPS) is 20.7. The Morgan fingerprint density at radius 1 is 1.50 bits per heavy atom. The van der Waals surface area contributed by atoms with Gasteiger partial charge in [0.05, 0.1) is 6.10 Å². The summed E-state index contributed by atoms with van der Waals surface area (Å²) in [6.07, 6.45) is 9.92. The van der Waals surface area contributed by atoms with Crippen molar-refractivity contribution in [2.24, 2.45) is 0 Å². The predicted octanol–water partition coefficient (Wildman–Crippen LogP) is 2.90. The number of methoxy groups -OCH3 is 1. The number of hydrogen-bond donors (Lipinski definition) is 1. The molecule has 1 N–H and O–H groups in total. The second kappa shape index (κ2) is 6.39. The fourth-order valence-electron chi connectivity index (χ4n) is 2.76. The van der Waals surface area contributed by atoms with Crippen molar-refractivity contribution in [3.8, 4) is 0 Å². The molecule has 0 spiro atoms. The fourth-order valence-corrected chi connectivity index (χ4v) is 2.76. The third-order valence-corrected chi connectivity index (χ3v) is 3.82. The zero-order valence-corrected chi connectivity index (χ0v) is 11.9. The second-order valence-corrected chi connectivity index (χ2v) is 5.38. The van der Waals surface area contributed by atoms with E-state index in [0.29, 0.717) is 6.04 Å². The van der Waals surface area contributed by atoms with Crippen LogP contribution in [0.1, 0.15) is 50.3 Å². The number of hydrogen-bond acceptors (Lipinski definition) is 2. The van der Waals surface area contributed by atoms with Gasteiger partial charge in [0, 0.05) is 32.1 Å². The van der Waals surface area contributed by atoms with Gasteiger partial charge in [0.1, 0.15) is 0 Å². The molecule has 0 bridgehead atoms. The van der Waals surface area contributed by atoms with Crippen molar-refractivity contribution in [1.82, 2.24) is 9.88 Å². The third kappa shape index (κ3) is 3.15. The summed E-state index contributed by atoms with van der Waals surface area (Å²) in [6, 6.07) is 0.563. The Morgan fingerprint density at radius 3 is 3.06 bits per heavy atom. The molecule has 0 aliphatic heterocycles. The SMILES string of the molecule is CCCNC1CCCc2cn(CC(C)OC)cc21. The van der Waals surface area contributed by atoms with Crippen molar-refractivity contribution in [3.05, 3.63) is 23.5 Å². The van der Waals surface area contributed by atoms with Crippen LogP contribution in [0.3, 0.4) is 0 Å². The minimum absolute atomic E-state index is 0.279. The average Bonchev–Trinajstić information content (AvgIpc) is 2.78. The molecule has 1 aromatic heterocycles. The second-order valence-electron chi connectivity index (χ2n) is 5.38. The van der Waals surface area contributed by atoms with Crippen molar-refractivity contribution in [1.29, 1.82) is 0 Å².